The SMILES string of the molecule is C1=CC(c2ccc(-c3cc(-c4ccccc4)nc(-c4ccccc4)c3)cc2)Cc2c1sc1ccc(-c3ccc(-c4cc(-c5ccccc5)nc(-c5ccccc5)c4)cc3)cc21. The van der Waals surface area contributed by atoms with Gasteiger partial charge < -0.3 is 0 Å². The molecule has 7 aromatic carbocycles. The molecule has 288 valence electrons. The lowest BCUT2D eigenvalue weighted by Crippen LogP contribution is -2.04. The zero-order valence-corrected chi connectivity index (χ0v) is 34.3. The van der Waals surface area contributed by atoms with Crippen LogP contribution in [0.4, 0.5) is 0 Å². The van der Waals surface area contributed by atoms with E-state index in [1.54, 1.807) is 0 Å². The van der Waals surface area contributed by atoms with Crippen molar-refractivity contribution in [3.8, 4) is 78.4 Å². The molecule has 0 aliphatic heterocycles. The van der Waals surface area contributed by atoms with Gasteiger partial charge >= 0.3 is 0 Å². The maximum absolute atomic E-state index is 5.09. The monoisotopic (exact) mass is 796 g/mol. The van der Waals surface area contributed by atoms with Gasteiger partial charge in [-0.15, -0.1) is 11.3 Å². The van der Waals surface area contributed by atoms with Crippen LogP contribution in [0.25, 0.3) is 94.6 Å². The third kappa shape index (κ3) is 7.41. The summed E-state index contributed by atoms with van der Waals surface area (Å²) in [5, 5.41) is 1.36. The van der Waals surface area contributed by atoms with Crippen LogP contribution in [0.2, 0.25) is 0 Å². The minimum atomic E-state index is 0.307. The summed E-state index contributed by atoms with van der Waals surface area (Å²) in [5.74, 6) is 0.307. The van der Waals surface area contributed by atoms with E-state index in [0.29, 0.717) is 5.92 Å². The molecule has 0 saturated heterocycles. The van der Waals surface area contributed by atoms with Crippen molar-refractivity contribution in [1.29, 1.82) is 0 Å². The van der Waals surface area contributed by atoms with Crippen LogP contribution in [0.15, 0.2) is 218 Å². The summed E-state index contributed by atoms with van der Waals surface area (Å²) in [6.45, 7) is 0. The van der Waals surface area contributed by atoms with E-state index in [1.807, 2.05) is 23.5 Å². The van der Waals surface area contributed by atoms with Crippen molar-refractivity contribution in [2.75, 3.05) is 0 Å². The highest BCUT2D eigenvalue weighted by molar-refractivity contribution is 7.20. The van der Waals surface area contributed by atoms with Crippen LogP contribution in [-0.2, 0) is 6.42 Å². The number of thiophene rings is 1. The van der Waals surface area contributed by atoms with Gasteiger partial charge in [-0.1, -0.05) is 182 Å². The maximum atomic E-state index is 5.09. The van der Waals surface area contributed by atoms with Crippen molar-refractivity contribution in [3.63, 3.8) is 0 Å². The van der Waals surface area contributed by atoms with E-state index < -0.39 is 0 Å². The first-order chi connectivity index (χ1) is 30.2. The molecule has 0 fully saturated rings. The second-order valence-corrected chi connectivity index (χ2v) is 16.8. The molecule has 61 heavy (non-hydrogen) atoms. The third-order valence-electron chi connectivity index (χ3n) is 11.9. The molecule has 10 aromatic rings. The minimum absolute atomic E-state index is 0.307. The second kappa shape index (κ2) is 16.0. The quantitative estimate of drug-likeness (QED) is 0.153. The zero-order chi connectivity index (χ0) is 40.5. The van der Waals surface area contributed by atoms with E-state index in [2.05, 4.69) is 212 Å². The number of hydrogen-bond donors (Lipinski definition) is 0. The largest absolute Gasteiger partial charge is 0.248 e. The topological polar surface area (TPSA) is 25.8 Å². The molecular formula is C58H40N2S. The van der Waals surface area contributed by atoms with Gasteiger partial charge in [-0.05, 0) is 98.8 Å². The molecule has 0 radical (unpaired) electrons. The highest BCUT2D eigenvalue weighted by atomic mass is 32.1. The van der Waals surface area contributed by atoms with Crippen LogP contribution in [0.5, 0.6) is 0 Å². The van der Waals surface area contributed by atoms with Crippen LogP contribution in [-0.4, -0.2) is 9.97 Å². The Balaban J connectivity index is 0.867. The van der Waals surface area contributed by atoms with Gasteiger partial charge in [0, 0.05) is 37.7 Å². The molecule has 0 amide bonds. The fourth-order valence-corrected chi connectivity index (χ4v) is 9.74. The molecule has 3 heteroatoms. The van der Waals surface area contributed by atoms with Gasteiger partial charge in [-0.3, -0.25) is 0 Å². The average Bonchev–Trinajstić information content (AvgIpc) is 3.72. The van der Waals surface area contributed by atoms with Crippen molar-refractivity contribution < 1.29 is 0 Å². The van der Waals surface area contributed by atoms with Crippen molar-refractivity contribution >= 4 is 27.5 Å². The summed E-state index contributed by atoms with van der Waals surface area (Å²) in [6, 6.07) is 75.9. The first-order valence-corrected chi connectivity index (χ1v) is 21.7. The van der Waals surface area contributed by atoms with Crippen molar-refractivity contribution in [1.82, 2.24) is 9.97 Å². The third-order valence-corrected chi connectivity index (χ3v) is 13.1. The Kier molecular flexibility index (Phi) is 9.57. The molecule has 1 aliphatic rings. The van der Waals surface area contributed by atoms with Gasteiger partial charge in [0.25, 0.3) is 0 Å². The molecule has 0 spiro atoms. The summed E-state index contributed by atoms with van der Waals surface area (Å²) >= 11 is 1.90. The van der Waals surface area contributed by atoms with Gasteiger partial charge in [0.05, 0.1) is 22.8 Å². The predicted octanol–water partition coefficient (Wildman–Crippen LogP) is 15.7. The molecule has 1 atom stereocenters. The van der Waals surface area contributed by atoms with E-state index >= 15 is 0 Å². The van der Waals surface area contributed by atoms with Gasteiger partial charge in [-0.2, -0.15) is 0 Å². The van der Waals surface area contributed by atoms with E-state index in [0.717, 1.165) is 57.0 Å². The predicted molar refractivity (Wildman–Crippen MR) is 257 cm³/mol. The van der Waals surface area contributed by atoms with Gasteiger partial charge in [0.15, 0.2) is 0 Å². The molecule has 11 rings (SSSR count). The first kappa shape index (κ1) is 36.6. The minimum Gasteiger partial charge on any atom is -0.248 e. The first-order valence-electron chi connectivity index (χ1n) is 20.9. The van der Waals surface area contributed by atoms with Crippen LogP contribution in [0, 0.1) is 0 Å². The second-order valence-electron chi connectivity index (χ2n) is 15.7. The molecule has 2 nitrogen and oxygen atoms in total. The number of hydrogen-bond acceptors (Lipinski definition) is 3. The smallest absolute Gasteiger partial charge is 0.0715 e. The number of fused-ring (bicyclic) bond motifs is 3. The Morgan fingerprint density at radius 3 is 1.20 bits per heavy atom. The van der Waals surface area contributed by atoms with E-state index in [9.17, 15) is 0 Å². The lowest BCUT2D eigenvalue weighted by Gasteiger charge is -2.19. The summed E-state index contributed by atoms with van der Waals surface area (Å²) in [6.07, 6.45) is 5.72. The normalized spacial score (nSPS) is 13.3. The lowest BCUT2D eigenvalue weighted by molar-refractivity contribution is 0.837. The molecule has 0 bridgehead atoms. The van der Waals surface area contributed by atoms with Crippen LogP contribution in [0.3, 0.4) is 0 Å². The summed E-state index contributed by atoms with van der Waals surface area (Å²) in [4.78, 5) is 11.5. The van der Waals surface area contributed by atoms with E-state index in [4.69, 9.17) is 9.97 Å². The summed E-state index contributed by atoms with van der Waals surface area (Å²) in [7, 11) is 0. The van der Waals surface area contributed by atoms with Crippen molar-refractivity contribution in [2.45, 2.75) is 12.3 Å². The van der Waals surface area contributed by atoms with Crippen LogP contribution < -0.4 is 0 Å². The zero-order valence-electron chi connectivity index (χ0n) is 33.4. The molecule has 0 saturated carbocycles. The fraction of sp³-hybridized carbons (Fsp3) is 0.0345. The number of allylic oxidation sites excluding steroid dienone is 1. The Morgan fingerprint density at radius 2 is 0.754 bits per heavy atom. The number of aromatic nitrogens is 2. The van der Waals surface area contributed by atoms with E-state index in [-0.39, 0.29) is 0 Å². The standard InChI is InChI=1S/C58H40N2S/c1-5-13-43(14-6-1)53-35-49(36-54(59-53)44-15-7-2-8-16-44)41-25-21-39(22-26-41)47-29-31-57-51(33-47)52-34-48(30-32-58(52)61-57)40-23-27-42(28-24-40)50-37-55(45-17-9-3-10-18-45)60-56(38-50)46-19-11-4-12-20-46/h1-33,35-38,48H,34H2. The van der Waals surface area contributed by atoms with Gasteiger partial charge in [0.1, 0.15) is 0 Å². The van der Waals surface area contributed by atoms with E-state index in [1.165, 1.54) is 53.9 Å². The Bertz CT molecular complexity index is 3050. The summed E-state index contributed by atoms with van der Waals surface area (Å²) < 4.78 is 1.34. The molecule has 3 heterocycles. The molecule has 3 aromatic heterocycles. The Labute approximate surface area is 360 Å². The molecular weight excluding hydrogens is 757 g/mol. The number of rotatable bonds is 8. The molecule has 1 aliphatic carbocycles. The maximum Gasteiger partial charge on any atom is 0.0715 e. The number of benzene rings is 7. The Hall–Kier alpha value is -7.46. The highest BCUT2D eigenvalue weighted by Crippen LogP contribution is 2.42. The van der Waals surface area contributed by atoms with Crippen LogP contribution >= 0.6 is 11.3 Å². The number of nitrogens with zero attached hydrogens (tertiary/aromatic N) is 2. The van der Waals surface area contributed by atoms with Gasteiger partial charge in [0.2, 0.25) is 0 Å². The summed E-state index contributed by atoms with van der Waals surface area (Å²) in [5.41, 5.74) is 18.3. The average molecular weight is 797 g/mol. The Morgan fingerprint density at radius 1 is 0.361 bits per heavy atom. The van der Waals surface area contributed by atoms with Crippen molar-refractivity contribution in [3.05, 3.63) is 234 Å². The fourth-order valence-electron chi connectivity index (χ4n) is 8.61. The molecule has 0 N–H and O–H groups in total. The molecule has 1 unspecified atom stereocenters. The van der Waals surface area contributed by atoms with Gasteiger partial charge in [-0.25, -0.2) is 9.97 Å². The number of pyridine rings is 2. The van der Waals surface area contributed by atoms with Crippen LogP contribution in [0.1, 0.15) is 21.9 Å². The lowest BCUT2D eigenvalue weighted by atomic mass is 9.86. The highest BCUT2D eigenvalue weighted by Gasteiger charge is 2.21. The van der Waals surface area contributed by atoms with Crippen molar-refractivity contribution in [2.24, 2.45) is 0 Å².